The SMILES string of the molecule is COc1ccccc1CN1C(=O)c2cc3ccccc3n2C[C@]1(C)C(=O)NC1CCCCCC1. The number of aromatic nitrogens is 1. The summed E-state index contributed by atoms with van der Waals surface area (Å²) in [6.45, 7) is 2.62. The molecule has 2 aromatic carbocycles. The van der Waals surface area contributed by atoms with E-state index in [1.165, 1.54) is 12.8 Å². The molecule has 0 unspecified atom stereocenters. The van der Waals surface area contributed by atoms with E-state index in [1.807, 2.05) is 66.1 Å². The summed E-state index contributed by atoms with van der Waals surface area (Å²) >= 11 is 0. The van der Waals surface area contributed by atoms with Crippen molar-refractivity contribution in [2.45, 2.75) is 70.1 Å². The Balaban J connectivity index is 1.55. The summed E-state index contributed by atoms with van der Waals surface area (Å²) in [5.74, 6) is 0.505. The lowest BCUT2D eigenvalue weighted by Crippen LogP contribution is -2.64. The number of ether oxygens (including phenoxy) is 1. The molecular weight excluding hydrogens is 426 g/mol. The Labute approximate surface area is 200 Å². The first-order valence-electron chi connectivity index (χ1n) is 12.3. The van der Waals surface area contributed by atoms with Crippen molar-refractivity contribution in [1.82, 2.24) is 14.8 Å². The van der Waals surface area contributed by atoms with E-state index in [2.05, 4.69) is 5.32 Å². The standard InChI is InChI=1S/C28H33N3O3/c1-28(27(33)29-22-13-5-3-4-6-14-22)19-30-23-15-9-7-11-20(23)17-24(30)26(32)31(28)18-21-12-8-10-16-25(21)34-2/h7-12,15-17,22H,3-6,13-14,18-19H2,1-2H3,(H,29,33)/t28-/m1/s1. The first-order chi connectivity index (χ1) is 16.5. The van der Waals surface area contributed by atoms with Gasteiger partial charge in [0.1, 0.15) is 17.0 Å². The zero-order valence-corrected chi connectivity index (χ0v) is 20.0. The van der Waals surface area contributed by atoms with Crippen molar-refractivity contribution >= 4 is 22.7 Å². The number of nitrogens with zero attached hydrogens (tertiary/aromatic N) is 2. The molecule has 3 aromatic rings. The monoisotopic (exact) mass is 459 g/mol. The van der Waals surface area contributed by atoms with Crippen LogP contribution in [-0.4, -0.2) is 40.0 Å². The van der Waals surface area contributed by atoms with Crippen LogP contribution < -0.4 is 10.1 Å². The molecule has 1 saturated carbocycles. The molecule has 6 nitrogen and oxygen atoms in total. The molecule has 1 aromatic heterocycles. The fourth-order valence-electron chi connectivity index (χ4n) is 5.52. The maximum atomic E-state index is 13.9. The van der Waals surface area contributed by atoms with Gasteiger partial charge in [0.05, 0.1) is 20.2 Å². The van der Waals surface area contributed by atoms with Crippen LogP contribution in [0.3, 0.4) is 0 Å². The van der Waals surface area contributed by atoms with Gasteiger partial charge in [0.25, 0.3) is 5.91 Å². The Morgan fingerprint density at radius 2 is 1.76 bits per heavy atom. The second-order valence-corrected chi connectivity index (χ2v) is 9.81. The summed E-state index contributed by atoms with van der Waals surface area (Å²) in [5.41, 5.74) is 1.46. The van der Waals surface area contributed by atoms with E-state index in [9.17, 15) is 9.59 Å². The molecule has 1 fully saturated rings. The molecule has 2 heterocycles. The van der Waals surface area contributed by atoms with Crippen molar-refractivity contribution in [1.29, 1.82) is 0 Å². The van der Waals surface area contributed by atoms with Gasteiger partial charge in [-0.1, -0.05) is 62.1 Å². The number of rotatable bonds is 5. The van der Waals surface area contributed by atoms with Gasteiger partial charge in [-0.15, -0.1) is 0 Å². The van der Waals surface area contributed by atoms with E-state index in [0.29, 0.717) is 24.5 Å². The lowest BCUT2D eigenvalue weighted by atomic mass is 9.92. The number of amides is 2. The lowest BCUT2D eigenvalue weighted by molar-refractivity contribution is -0.134. The Hall–Kier alpha value is -3.28. The number of benzene rings is 2. The minimum atomic E-state index is -1.03. The average molecular weight is 460 g/mol. The molecule has 0 saturated heterocycles. The number of carbonyl (C=O) groups is 2. The number of fused-ring (bicyclic) bond motifs is 3. The molecule has 2 aliphatic rings. The third kappa shape index (κ3) is 3.95. The van der Waals surface area contributed by atoms with E-state index in [1.54, 1.807) is 12.0 Å². The largest absolute Gasteiger partial charge is 0.496 e. The van der Waals surface area contributed by atoms with Gasteiger partial charge in [-0.2, -0.15) is 0 Å². The van der Waals surface area contributed by atoms with Crippen LogP contribution in [0.15, 0.2) is 54.6 Å². The van der Waals surface area contributed by atoms with Gasteiger partial charge in [-0.3, -0.25) is 9.59 Å². The Morgan fingerprint density at radius 1 is 1.06 bits per heavy atom. The molecule has 178 valence electrons. The van der Waals surface area contributed by atoms with Crippen molar-refractivity contribution < 1.29 is 14.3 Å². The van der Waals surface area contributed by atoms with Crippen molar-refractivity contribution in [3.05, 3.63) is 65.9 Å². The summed E-state index contributed by atoms with van der Waals surface area (Å²) in [6, 6.07) is 17.8. The normalized spacial score (nSPS) is 21.2. The van der Waals surface area contributed by atoms with Crippen molar-refractivity contribution in [3.63, 3.8) is 0 Å². The maximum absolute atomic E-state index is 13.9. The minimum Gasteiger partial charge on any atom is -0.496 e. The molecule has 6 heteroatoms. The first-order valence-corrected chi connectivity index (χ1v) is 12.3. The molecule has 2 amide bonds. The fourth-order valence-corrected chi connectivity index (χ4v) is 5.52. The van der Waals surface area contributed by atoms with Gasteiger partial charge in [-0.05, 0) is 38.0 Å². The van der Waals surface area contributed by atoms with E-state index < -0.39 is 5.54 Å². The fraction of sp³-hybridized carbons (Fsp3) is 0.429. The zero-order valence-electron chi connectivity index (χ0n) is 20.0. The summed E-state index contributed by atoms with van der Waals surface area (Å²) in [6.07, 6.45) is 6.72. The molecule has 0 spiro atoms. The van der Waals surface area contributed by atoms with Gasteiger partial charge in [0.15, 0.2) is 0 Å². The van der Waals surface area contributed by atoms with E-state index in [-0.39, 0.29) is 17.9 Å². The summed E-state index contributed by atoms with van der Waals surface area (Å²) in [7, 11) is 1.63. The van der Waals surface area contributed by atoms with E-state index in [0.717, 1.165) is 42.1 Å². The molecule has 1 atom stereocenters. The quantitative estimate of drug-likeness (QED) is 0.552. The molecule has 34 heavy (non-hydrogen) atoms. The predicted molar refractivity (Wildman–Crippen MR) is 133 cm³/mol. The molecule has 1 aliphatic heterocycles. The maximum Gasteiger partial charge on any atom is 0.271 e. The van der Waals surface area contributed by atoms with Crippen LogP contribution in [0.4, 0.5) is 0 Å². The van der Waals surface area contributed by atoms with Crippen LogP contribution in [0.5, 0.6) is 5.75 Å². The lowest BCUT2D eigenvalue weighted by Gasteiger charge is -2.44. The van der Waals surface area contributed by atoms with Crippen LogP contribution in [-0.2, 0) is 17.9 Å². The van der Waals surface area contributed by atoms with Crippen LogP contribution in [0.2, 0.25) is 0 Å². The summed E-state index contributed by atoms with van der Waals surface area (Å²) in [5, 5.41) is 4.34. The zero-order chi connectivity index (χ0) is 23.7. The Kier molecular flexibility index (Phi) is 6.07. The summed E-state index contributed by atoms with van der Waals surface area (Å²) < 4.78 is 7.58. The highest BCUT2D eigenvalue weighted by molar-refractivity contribution is 6.03. The molecule has 0 radical (unpaired) electrons. The smallest absolute Gasteiger partial charge is 0.271 e. The van der Waals surface area contributed by atoms with Crippen molar-refractivity contribution in [3.8, 4) is 5.75 Å². The van der Waals surface area contributed by atoms with Crippen LogP contribution >= 0.6 is 0 Å². The highest BCUT2D eigenvalue weighted by atomic mass is 16.5. The molecule has 0 bridgehead atoms. The van der Waals surface area contributed by atoms with Crippen LogP contribution in [0.1, 0.15) is 61.5 Å². The number of hydrogen-bond acceptors (Lipinski definition) is 3. The average Bonchev–Trinajstić information content (AvgIpc) is 3.02. The minimum absolute atomic E-state index is 0.0777. The highest BCUT2D eigenvalue weighted by Crippen LogP contribution is 2.35. The van der Waals surface area contributed by atoms with Gasteiger partial charge < -0.3 is 19.5 Å². The molecular formula is C28H33N3O3. The Morgan fingerprint density at radius 3 is 2.53 bits per heavy atom. The van der Waals surface area contributed by atoms with Gasteiger partial charge in [-0.25, -0.2) is 0 Å². The van der Waals surface area contributed by atoms with Crippen LogP contribution in [0, 0.1) is 0 Å². The van der Waals surface area contributed by atoms with Crippen molar-refractivity contribution in [2.75, 3.05) is 7.11 Å². The number of carbonyl (C=O) groups excluding carboxylic acids is 2. The topological polar surface area (TPSA) is 63.6 Å². The van der Waals surface area contributed by atoms with Gasteiger partial charge in [0, 0.05) is 22.5 Å². The first kappa shape index (κ1) is 22.5. The van der Waals surface area contributed by atoms with Gasteiger partial charge in [0.2, 0.25) is 5.91 Å². The molecule has 1 N–H and O–H groups in total. The molecule has 5 rings (SSSR count). The molecule has 1 aliphatic carbocycles. The third-order valence-electron chi connectivity index (χ3n) is 7.54. The van der Waals surface area contributed by atoms with Crippen molar-refractivity contribution in [2.24, 2.45) is 0 Å². The van der Waals surface area contributed by atoms with E-state index >= 15 is 0 Å². The number of para-hydroxylation sites is 2. The number of methoxy groups -OCH3 is 1. The third-order valence-corrected chi connectivity index (χ3v) is 7.54. The highest BCUT2D eigenvalue weighted by Gasteiger charge is 2.48. The van der Waals surface area contributed by atoms with Crippen LogP contribution in [0.25, 0.3) is 10.9 Å². The number of nitrogens with one attached hydrogen (secondary N) is 1. The second-order valence-electron chi connectivity index (χ2n) is 9.81. The summed E-state index contributed by atoms with van der Waals surface area (Å²) in [4.78, 5) is 29.6. The predicted octanol–water partition coefficient (Wildman–Crippen LogP) is 4.90. The second kappa shape index (κ2) is 9.16. The van der Waals surface area contributed by atoms with Gasteiger partial charge >= 0.3 is 0 Å². The Bertz CT molecular complexity index is 1210. The van der Waals surface area contributed by atoms with E-state index in [4.69, 9.17) is 4.74 Å². The number of hydrogen-bond donors (Lipinski definition) is 1.